The average molecular weight is 311 g/mol. The average Bonchev–Trinajstić information content (AvgIpc) is 2.69. The van der Waals surface area contributed by atoms with Crippen molar-refractivity contribution in [3.05, 3.63) is 40.0 Å². The summed E-state index contributed by atoms with van der Waals surface area (Å²) in [5, 5.41) is 18.4. The third-order valence-electron chi connectivity index (χ3n) is 2.80. The lowest BCUT2D eigenvalue weighted by Crippen LogP contribution is -2.18. The van der Waals surface area contributed by atoms with Crippen LogP contribution in [0.5, 0.6) is 0 Å². The first-order chi connectivity index (χ1) is 9.25. The lowest BCUT2D eigenvalue weighted by atomic mass is 10.2. The highest BCUT2D eigenvalue weighted by Crippen LogP contribution is 2.24. The van der Waals surface area contributed by atoms with E-state index in [1.54, 1.807) is 25.1 Å². The number of rotatable bonds is 2. The van der Waals surface area contributed by atoms with E-state index in [1.807, 2.05) is 13.0 Å². The number of nitrogens with zero attached hydrogens (tertiary/aromatic N) is 3. The predicted molar refractivity (Wildman–Crippen MR) is 74.1 cm³/mol. The molecule has 1 aromatic carbocycles. The second-order valence-corrected chi connectivity index (χ2v) is 6.15. The van der Waals surface area contributed by atoms with Crippen LogP contribution in [-0.4, -0.2) is 18.2 Å². The normalized spacial score (nSPS) is 11.3. The van der Waals surface area contributed by atoms with Crippen LogP contribution in [-0.2, 0) is 10.0 Å². The van der Waals surface area contributed by atoms with E-state index >= 15 is 0 Å². The second kappa shape index (κ2) is 4.90. The van der Waals surface area contributed by atoms with Crippen molar-refractivity contribution in [3.8, 4) is 11.8 Å². The van der Waals surface area contributed by atoms with Gasteiger partial charge in [-0.2, -0.15) is 10.4 Å². The van der Waals surface area contributed by atoms with Gasteiger partial charge in [0.15, 0.2) is 5.03 Å². The van der Waals surface area contributed by atoms with E-state index in [4.69, 9.17) is 22.0 Å². The molecular weight excluding hydrogens is 300 g/mol. The summed E-state index contributed by atoms with van der Waals surface area (Å²) in [5.41, 5.74) is 1.49. The van der Waals surface area contributed by atoms with Crippen LogP contribution in [0.4, 0.5) is 0 Å². The Morgan fingerprint density at radius 3 is 2.55 bits per heavy atom. The maximum atomic E-state index is 11.7. The zero-order valence-electron chi connectivity index (χ0n) is 10.8. The third-order valence-corrected chi connectivity index (χ3v) is 4.12. The Labute approximate surface area is 121 Å². The molecule has 104 valence electrons. The molecule has 1 heterocycles. The summed E-state index contributed by atoms with van der Waals surface area (Å²) in [6.07, 6.45) is 0. The van der Waals surface area contributed by atoms with Crippen molar-refractivity contribution in [2.24, 2.45) is 5.14 Å². The van der Waals surface area contributed by atoms with E-state index in [0.29, 0.717) is 10.7 Å². The van der Waals surface area contributed by atoms with Gasteiger partial charge >= 0.3 is 0 Å². The minimum atomic E-state index is -4.09. The Kier molecular flexibility index (Phi) is 3.56. The van der Waals surface area contributed by atoms with E-state index in [9.17, 15) is 8.42 Å². The number of nitriles is 1. The Morgan fingerprint density at radius 1 is 1.40 bits per heavy atom. The highest BCUT2D eigenvalue weighted by Gasteiger charge is 2.25. The van der Waals surface area contributed by atoms with Crippen LogP contribution in [0.2, 0.25) is 5.02 Å². The number of primary sulfonamides is 1. The van der Waals surface area contributed by atoms with E-state index in [1.165, 1.54) is 0 Å². The molecule has 0 radical (unpaired) electrons. The van der Waals surface area contributed by atoms with Crippen LogP contribution in [0.3, 0.4) is 0 Å². The molecule has 0 spiro atoms. The maximum absolute atomic E-state index is 11.7. The molecule has 0 atom stereocenters. The number of aromatic nitrogens is 2. The number of hydrogen-bond donors (Lipinski definition) is 1. The Bertz CT molecular complexity index is 834. The number of benzene rings is 1. The van der Waals surface area contributed by atoms with Crippen molar-refractivity contribution < 1.29 is 8.42 Å². The van der Waals surface area contributed by atoms with Crippen LogP contribution >= 0.6 is 11.6 Å². The van der Waals surface area contributed by atoms with Crippen molar-refractivity contribution in [2.75, 3.05) is 0 Å². The third kappa shape index (κ3) is 2.41. The summed E-state index contributed by atoms with van der Waals surface area (Å²) in [7, 11) is -4.09. The van der Waals surface area contributed by atoms with Gasteiger partial charge in [0.1, 0.15) is 11.6 Å². The van der Waals surface area contributed by atoms with Crippen molar-refractivity contribution in [1.82, 2.24) is 9.78 Å². The van der Waals surface area contributed by atoms with Gasteiger partial charge in [-0.3, -0.25) is 0 Å². The molecule has 0 fully saturated rings. The SMILES string of the molecule is Cc1ccc(-n2nc(C)c(C#N)c2S(N)(=O)=O)cc1Cl. The van der Waals surface area contributed by atoms with Crippen LogP contribution in [0.15, 0.2) is 23.2 Å². The Balaban J connectivity index is 2.82. The molecule has 0 saturated carbocycles. The summed E-state index contributed by atoms with van der Waals surface area (Å²) >= 11 is 6.02. The largest absolute Gasteiger partial charge is 0.257 e. The highest BCUT2D eigenvalue weighted by atomic mass is 35.5. The van der Waals surface area contributed by atoms with Gasteiger partial charge in [-0.25, -0.2) is 18.2 Å². The summed E-state index contributed by atoms with van der Waals surface area (Å²) in [4.78, 5) is 0. The lowest BCUT2D eigenvalue weighted by molar-refractivity contribution is 0.587. The first-order valence-corrected chi connectivity index (χ1v) is 7.47. The first-order valence-electron chi connectivity index (χ1n) is 5.54. The van der Waals surface area contributed by atoms with Crippen molar-refractivity contribution >= 4 is 21.6 Å². The van der Waals surface area contributed by atoms with Crippen molar-refractivity contribution in [2.45, 2.75) is 18.9 Å². The fraction of sp³-hybridized carbons (Fsp3) is 0.167. The van der Waals surface area contributed by atoms with Gasteiger partial charge in [0.25, 0.3) is 10.0 Å². The smallest absolute Gasteiger partial charge is 0.223 e. The standard InChI is InChI=1S/C12H11ClN4O2S/c1-7-3-4-9(5-11(7)13)17-12(20(15,18)19)10(6-14)8(2)16-17/h3-5H,1-2H3,(H2,15,18,19). The van der Waals surface area contributed by atoms with Gasteiger partial charge in [0, 0.05) is 5.02 Å². The Morgan fingerprint density at radius 2 is 2.05 bits per heavy atom. The van der Waals surface area contributed by atoms with E-state index in [-0.39, 0.29) is 16.3 Å². The molecule has 2 aromatic rings. The predicted octanol–water partition coefficient (Wildman–Crippen LogP) is 1.66. The van der Waals surface area contributed by atoms with E-state index in [2.05, 4.69) is 5.10 Å². The molecule has 0 aliphatic heterocycles. The molecule has 0 aliphatic carbocycles. The van der Waals surface area contributed by atoms with Crippen LogP contribution in [0.25, 0.3) is 5.69 Å². The molecule has 0 amide bonds. The van der Waals surface area contributed by atoms with E-state index < -0.39 is 10.0 Å². The van der Waals surface area contributed by atoms with Gasteiger partial charge in [-0.15, -0.1) is 0 Å². The molecule has 0 unspecified atom stereocenters. The van der Waals surface area contributed by atoms with Crippen LogP contribution in [0, 0.1) is 25.2 Å². The first kappa shape index (κ1) is 14.5. The number of hydrogen-bond acceptors (Lipinski definition) is 4. The summed E-state index contributed by atoms with van der Waals surface area (Å²) in [6.45, 7) is 3.36. The monoisotopic (exact) mass is 310 g/mol. The fourth-order valence-electron chi connectivity index (χ4n) is 1.79. The van der Waals surface area contributed by atoms with Crippen LogP contribution < -0.4 is 5.14 Å². The minimum Gasteiger partial charge on any atom is -0.223 e. The highest BCUT2D eigenvalue weighted by molar-refractivity contribution is 7.89. The van der Waals surface area contributed by atoms with Gasteiger partial charge in [0.05, 0.1) is 11.4 Å². The molecule has 0 aliphatic rings. The van der Waals surface area contributed by atoms with Crippen molar-refractivity contribution in [1.29, 1.82) is 5.26 Å². The second-order valence-electron chi connectivity index (χ2n) is 4.27. The summed E-state index contributed by atoms with van der Waals surface area (Å²) in [6, 6.07) is 6.77. The lowest BCUT2D eigenvalue weighted by Gasteiger charge is -2.07. The molecule has 1 aromatic heterocycles. The van der Waals surface area contributed by atoms with E-state index in [0.717, 1.165) is 10.2 Å². The number of halogens is 1. The van der Waals surface area contributed by atoms with Gasteiger partial charge in [-0.05, 0) is 31.5 Å². The van der Waals surface area contributed by atoms with Gasteiger partial charge in [-0.1, -0.05) is 17.7 Å². The fourth-order valence-corrected chi connectivity index (χ4v) is 2.83. The van der Waals surface area contributed by atoms with Gasteiger partial charge < -0.3 is 0 Å². The van der Waals surface area contributed by atoms with Gasteiger partial charge in [0.2, 0.25) is 0 Å². The molecule has 6 nitrogen and oxygen atoms in total. The molecule has 0 bridgehead atoms. The number of aryl methyl sites for hydroxylation is 2. The zero-order chi connectivity index (χ0) is 15.1. The molecule has 2 rings (SSSR count). The number of sulfonamides is 1. The molecular formula is C12H11ClN4O2S. The minimum absolute atomic E-state index is 0.0656. The summed E-state index contributed by atoms with van der Waals surface area (Å²) < 4.78 is 24.5. The molecule has 20 heavy (non-hydrogen) atoms. The maximum Gasteiger partial charge on any atom is 0.257 e. The quantitative estimate of drug-likeness (QED) is 0.911. The molecule has 0 saturated heterocycles. The van der Waals surface area contributed by atoms with Crippen LogP contribution in [0.1, 0.15) is 16.8 Å². The number of nitrogens with two attached hydrogens (primary N) is 1. The molecule has 2 N–H and O–H groups in total. The Hall–Kier alpha value is -1.88. The molecule has 8 heteroatoms. The summed E-state index contributed by atoms with van der Waals surface area (Å²) in [5.74, 6) is 0. The van der Waals surface area contributed by atoms with Crippen molar-refractivity contribution in [3.63, 3.8) is 0 Å². The topological polar surface area (TPSA) is 102 Å². The zero-order valence-corrected chi connectivity index (χ0v) is 12.3.